The molecule has 0 spiro atoms. The number of hydrogen-bond donors (Lipinski definition) is 1. The molecule has 3 rings (SSSR count). The van der Waals surface area contributed by atoms with Crippen LogP contribution in [0.1, 0.15) is 5.56 Å². The van der Waals surface area contributed by atoms with Gasteiger partial charge in [-0.3, -0.25) is 4.57 Å². The molecule has 0 saturated heterocycles. The highest BCUT2D eigenvalue weighted by Crippen LogP contribution is 2.29. The molecule has 2 aromatic carbocycles. The molecule has 0 aliphatic rings. The minimum absolute atomic E-state index is 0.0924. The van der Waals surface area contributed by atoms with Gasteiger partial charge in [0.15, 0.2) is 10.6 Å². The van der Waals surface area contributed by atoms with E-state index in [4.69, 9.17) is 40.7 Å². The Morgan fingerprint density at radius 1 is 1.24 bits per heavy atom. The Balaban J connectivity index is 2.39. The number of hydrogen-bond acceptors (Lipinski definition) is 2. The molecule has 0 radical (unpaired) electrons. The Labute approximate surface area is 134 Å². The van der Waals surface area contributed by atoms with Gasteiger partial charge in [-0.1, -0.05) is 29.3 Å². The van der Waals surface area contributed by atoms with E-state index in [0.29, 0.717) is 27.1 Å². The van der Waals surface area contributed by atoms with Crippen molar-refractivity contribution in [3.8, 4) is 11.8 Å². The summed E-state index contributed by atoms with van der Waals surface area (Å²) in [6.45, 7) is 0. The van der Waals surface area contributed by atoms with Gasteiger partial charge in [0.25, 0.3) is 0 Å². The second-order valence-electron chi connectivity index (χ2n) is 4.30. The van der Waals surface area contributed by atoms with E-state index < -0.39 is 5.82 Å². The van der Waals surface area contributed by atoms with E-state index in [1.54, 1.807) is 22.8 Å². The zero-order chi connectivity index (χ0) is 15.1. The predicted molar refractivity (Wildman–Crippen MR) is 83.2 cm³/mol. The molecule has 1 aromatic heterocycles. The van der Waals surface area contributed by atoms with E-state index in [9.17, 15) is 4.39 Å². The molecule has 3 nitrogen and oxygen atoms in total. The number of aromatic amines is 1. The van der Waals surface area contributed by atoms with Crippen LogP contribution in [0.25, 0.3) is 16.7 Å². The average molecular weight is 338 g/mol. The van der Waals surface area contributed by atoms with Crippen LogP contribution in [0.5, 0.6) is 0 Å². The summed E-state index contributed by atoms with van der Waals surface area (Å²) in [7, 11) is 0. The number of rotatable bonds is 1. The minimum atomic E-state index is -0.675. The summed E-state index contributed by atoms with van der Waals surface area (Å²) < 4.78 is 15.6. The van der Waals surface area contributed by atoms with Crippen LogP contribution in [0.3, 0.4) is 0 Å². The van der Waals surface area contributed by atoms with Gasteiger partial charge in [0.2, 0.25) is 0 Å². The van der Waals surface area contributed by atoms with Gasteiger partial charge < -0.3 is 4.98 Å². The molecular formula is C14H6Cl2FN3S. The zero-order valence-corrected chi connectivity index (χ0v) is 12.7. The maximum atomic E-state index is 13.5. The van der Waals surface area contributed by atoms with E-state index in [-0.39, 0.29) is 10.0 Å². The molecule has 3 aromatic rings. The average Bonchev–Trinajstić information content (AvgIpc) is 2.80. The Kier molecular flexibility index (Phi) is 3.46. The van der Waals surface area contributed by atoms with E-state index in [0.717, 1.165) is 0 Å². The van der Waals surface area contributed by atoms with E-state index in [1.165, 1.54) is 12.1 Å². The molecule has 21 heavy (non-hydrogen) atoms. The van der Waals surface area contributed by atoms with Gasteiger partial charge in [-0.05, 0) is 36.5 Å². The fourth-order valence-electron chi connectivity index (χ4n) is 2.15. The lowest BCUT2D eigenvalue weighted by atomic mass is 10.2. The molecule has 7 heteroatoms. The fraction of sp³-hybridized carbons (Fsp3) is 0. The van der Waals surface area contributed by atoms with Crippen molar-refractivity contribution >= 4 is 46.5 Å². The molecule has 0 atom stereocenters. The summed E-state index contributed by atoms with van der Waals surface area (Å²) in [6, 6.07) is 10.2. The molecule has 0 bridgehead atoms. The van der Waals surface area contributed by atoms with Gasteiger partial charge in [0, 0.05) is 0 Å². The first-order chi connectivity index (χ1) is 10.0. The van der Waals surface area contributed by atoms with Crippen LogP contribution in [0, 0.1) is 21.9 Å². The van der Waals surface area contributed by atoms with Crippen LogP contribution in [-0.2, 0) is 0 Å². The normalized spacial score (nSPS) is 10.8. The highest BCUT2D eigenvalue weighted by atomic mass is 35.5. The van der Waals surface area contributed by atoms with Gasteiger partial charge in [-0.2, -0.15) is 5.26 Å². The maximum absolute atomic E-state index is 13.5. The number of H-pyrrole nitrogens is 1. The monoisotopic (exact) mass is 337 g/mol. The number of imidazole rings is 1. The third-order valence-electron chi connectivity index (χ3n) is 3.07. The minimum Gasteiger partial charge on any atom is -0.329 e. The molecule has 0 aliphatic heterocycles. The Morgan fingerprint density at radius 3 is 2.52 bits per heavy atom. The summed E-state index contributed by atoms with van der Waals surface area (Å²) in [4.78, 5) is 2.97. The summed E-state index contributed by atoms with van der Waals surface area (Å²) in [6.07, 6.45) is 0. The molecule has 1 heterocycles. The van der Waals surface area contributed by atoms with Crippen molar-refractivity contribution in [3.63, 3.8) is 0 Å². The van der Waals surface area contributed by atoms with Gasteiger partial charge in [0.1, 0.15) is 6.07 Å². The molecule has 0 unspecified atom stereocenters. The van der Waals surface area contributed by atoms with Crippen LogP contribution >= 0.6 is 35.4 Å². The van der Waals surface area contributed by atoms with Crippen molar-refractivity contribution in [2.24, 2.45) is 0 Å². The van der Waals surface area contributed by atoms with E-state index >= 15 is 0 Å². The molecule has 0 saturated carbocycles. The molecule has 0 fully saturated rings. The van der Waals surface area contributed by atoms with Crippen LogP contribution in [-0.4, -0.2) is 9.55 Å². The third-order valence-corrected chi connectivity index (χ3v) is 3.90. The molecule has 0 aliphatic carbocycles. The number of nitriles is 1. The van der Waals surface area contributed by atoms with Crippen LogP contribution in [0.15, 0.2) is 30.3 Å². The standard InChI is InChI=1S/C14H6Cl2FN3S/c15-9-4-8(5-10(16)12(9)17)20-11-3-1-2-7(6-18)13(11)19-14(20)21/h1-5H,(H,19,21). The van der Waals surface area contributed by atoms with Crippen LogP contribution in [0.4, 0.5) is 4.39 Å². The maximum Gasteiger partial charge on any atom is 0.182 e. The molecule has 0 amide bonds. The number of benzene rings is 2. The van der Waals surface area contributed by atoms with Crippen molar-refractivity contribution in [1.82, 2.24) is 9.55 Å². The summed E-state index contributed by atoms with van der Waals surface area (Å²) in [5.74, 6) is -0.675. The van der Waals surface area contributed by atoms with Crippen LogP contribution in [0.2, 0.25) is 10.0 Å². The first kappa shape index (κ1) is 14.1. The van der Waals surface area contributed by atoms with Crippen molar-refractivity contribution in [1.29, 1.82) is 5.26 Å². The summed E-state index contributed by atoms with van der Waals surface area (Å²) in [5.41, 5.74) is 2.30. The highest BCUT2D eigenvalue weighted by molar-refractivity contribution is 7.71. The first-order valence-corrected chi connectivity index (χ1v) is 6.98. The SMILES string of the molecule is N#Cc1cccc2c1[nH]c(=S)n2-c1cc(Cl)c(F)c(Cl)c1. The second kappa shape index (κ2) is 5.15. The van der Waals surface area contributed by atoms with E-state index in [2.05, 4.69) is 11.1 Å². The fourth-order valence-corrected chi connectivity index (χ4v) is 2.93. The molecule has 1 N–H and O–H groups in total. The number of nitrogens with zero attached hydrogens (tertiary/aromatic N) is 2. The third kappa shape index (κ3) is 2.22. The van der Waals surface area contributed by atoms with Crippen molar-refractivity contribution in [3.05, 3.63) is 56.5 Å². The molecular weight excluding hydrogens is 332 g/mol. The predicted octanol–water partition coefficient (Wildman–Crippen LogP) is 5.01. The number of para-hydroxylation sites is 1. The lowest BCUT2D eigenvalue weighted by molar-refractivity contribution is 0.628. The van der Waals surface area contributed by atoms with Crippen molar-refractivity contribution in [2.75, 3.05) is 0 Å². The zero-order valence-electron chi connectivity index (χ0n) is 10.3. The first-order valence-electron chi connectivity index (χ1n) is 5.81. The van der Waals surface area contributed by atoms with Crippen molar-refractivity contribution < 1.29 is 4.39 Å². The van der Waals surface area contributed by atoms with Crippen molar-refractivity contribution in [2.45, 2.75) is 0 Å². The quantitative estimate of drug-likeness (QED) is 0.501. The summed E-state index contributed by atoms with van der Waals surface area (Å²) in [5, 5.41) is 8.94. The van der Waals surface area contributed by atoms with Crippen LogP contribution < -0.4 is 0 Å². The Morgan fingerprint density at radius 2 is 1.90 bits per heavy atom. The lowest BCUT2D eigenvalue weighted by Crippen LogP contribution is -1.95. The van der Waals surface area contributed by atoms with Gasteiger partial charge >= 0.3 is 0 Å². The largest absolute Gasteiger partial charge is 0.329 e. The number of aromatic nitrogens is 2. The highest BCUT2D eigenvalue weighted by Gasteiger charge is 2.13. The van der Waals surface area contributed by atoms with Gasteiger partial charge in [-0.25, -0.2) is 4.39 Å². The lowest BCUT2D eigenvalue weighted by Gasteiger charge is -2.07. The summed E-state index contributed by atoms with van der Waals surface area (Å²) >= 11 is 16.9. The Hall–Kier alpha value is -1.87. The van der Waals surface area contributed by atoms with Gasteiger partial charge in [-0.15, -0.1) is 0 Å². The van der Waals surface area contributed by atoms with Gasteiger partial charge in [0.05, 0.1) is 32.3 Å². The van der Waals surface area contributed by atoms with E-state index in [1.807, 2.05) is 0 Å². The number of fused-ring (bicyclic) bond motifs is 1. The number of nitrogens with one attached hydrogen (secondary N) is 1. The Bertz CT molecular complexity index is 945. The smallest absolute Gasteiger partial charge is 0.182 e. The second-order valence-corrected chi connectivity index (χ2v) is 5.50. The molecule has 104 valence electrons. The topological polar surface area (TPSA) is 44.5 Å². The number of halogens is 3.